The van der Waals surface area contributed by atoms with Crippen LogP contribution in [0.25, 0.3) is 0 Å². The lowest BCUT2D eigenvalue weighted by Crippen LogP contribution is -2.47. The Labute approximate surface area is 215 Å². The van der Waals surface area contributed by atoms with Crippen molar-refractivity contribution in [2.75, 3.05) is 45.9 Å². The summed E-state index contributed by atoms with van der Waals surface area (Å²) in [6, 6.07) is 15.0. The summed E-state index contributed by atoms with van der Waals surface area (Å²) in [5.74, 6) is -0.279. The maximum atomic E-state index is 13.9. The molecule has 0 unspecified atom stereocenters. The van der Waals surface area contributed by atoms with E-state index in [4.69, 9.17) is 9.15 Å². The lowest BCUT2D eigenvalue weighted by atomic mass is 10.1. The van der Waals surface area contributed by atoms with Gasteiger partial charge in [0.25, 0.3) is 5.91 Å². The molecule has 37 heavy (non-hydrogen) atoms. The minimum absolute atomic E-state index is 0.182. The third-order valence-electron chi connectivity index (χ3n) is 6.26. The lowest BCUT2D eigenvalue weighted by molar-refractivity contribution is -0.133. The zero-order valence-corrected chi connectivity index (χ0v) is 20.9. The molecule has 1 saturated heterocycles. The van der Waals surface area contributed by atoms with Gasteiger partial charge in [-0.1, -0.05) is 18.2 Å². The van der Waals surface area contributed by atoms with Crippen molar-refractivity contribution in [3.05, 3.63) is 94.9 Å². The number of nitrogens with zero attached hydrogens (tertiary/aromatic N) is 3. The molecule has 1 aliphatic rings. The molecule has 0 spiro atoms. The molecule has 2 heterocycles. The van der Waals surface area contributed by atoms with E-state index in [2.05, 4.69) is 4.90 Å². The van der Waals surface area contributed by atoms with Crippen molar-refractivity contribution in [3.8, 4) is 0 Å². The molecule has 0 N–H and O–H groups in total. The summed E-state index contributed by atoms with van der Waals surface area (Å²) in [4.78, 5) is 32.2. The number of rotatable bonds is 10. The number of aryl methyl sites for hydroxylation is 1. The number of hydrogen-bond donors (Lipinski definition) is 0. The van der Waals surface area contributed by atoms with E-state index >= 15 is 0 Å². The van der Waals surface area contributed by atoms with Crippen LogP contribution in [0, 0.1) is 18.6 Å². The Hall–Kier alpha value is -3.56. The molecule has 0 atom stereocenters. The van der Waals surface area contributed by atoms with Crippen LogP contribution >= 0.6 is 0 Å². The Morgan fingerprint density at radius 2 is 1.68 bits per heavy atom. The predicted molar refractivity (Wildman–Crippen MR) is 134 cm³/mol. The molecule has 9 heteroatoms. The van der Waals surface area contributed by atoms with Crippen LogP contribution in [0.2, 0.25) is 0 Å². The molecular formula is C28H31F2N3O4. The first-order valence-corrected chi connectivity index (χ1v) is 12.3. The SMILES string of the molecule is Cc1ccc(CN(Cc2ccc(F)cc2)C(=O)CN(CCN2CCOCC2)C(=O)c2cccc(F)c2)o1. The predicted octanol–water partition coefficient (Wildman–Crippen LogP) is 3.87. The topological polar surface area (TPSA) is 66.2 Å². The van der Waals surface area contributed by atoms with Gasteiger partial charge in [-0.25, -0.2) is 8.78 Å². The molecule has 3 aromatic rings. The molecule has 0 aliphatic carbocycles. The fraction of sp³-hybridized carbons (Fsp3) is 0.357. The van der Waals surface area contributed by atoms with Gasteiger partial charge in [0.15, 0.2) is 0 Å². The van der Waals surface area contributed by atoms with Crippen molar-refractivity contribution in [3.63, 3.8) is 0 Å². The highest BCUT2D eigenvalue weighted by Crippen LogP contribution is 2.15. The summed E-state index contributed by atoms with van der Waals surface area (Å²) < 4.78 is 38.4. The van der Waals surface area contributed by atoms with Crippen LogP contribution in [0.1, 0.15) is 27.4 Å². The quantitative estimate of drug-likeness (QED) is 0.414. The average molecular weight is 512 g/mol. The second-order valence-corrected chi connectivity index (χ2v) is 9.08. The Morgan fingerprint density at radius 3 is 2.35 bits per heavy atom. The first-order chi connectivity index (χ1) is 17.9. The molecule has 0 saturated carbocycles. The summed E-state index contributed by atoms with van der Waals surface area (Å²) in [5.41, 5.74) is 0.927. The highest BCUT2D eigenvalue weighted by molar-refractivity contribution is 5.96. The number of morpholine rings is 1. The maximum Gasteiger partial charge on any atom is 0.254 e. The fourth-order valence-corrected chi connectivity index (χ4v) is 4.21. The van der Waals surface area contributed by atoms with E-state index < -0.39 is 11.7 Å². The summed E-state index contributed by atoms with van der Waals surface area (Å²) in [5, 5.41) is 0. The van der Waals surface area contributed by atoms with Gasteiger partial charge in [0.1, 0.15) is 29.7 Å². The summed E-state index contributed by atoms with van der Waals surface area (Å²) in [7, 11) is 0. The van der Waals surface area contributed by atoms with Gasteiger partial charge in [-0.05, 0) is 55.0 Å². The van der Waals surface area contributed by atoms with Crippen LogP contribution in [-0.4, -0.2) is 72.5 Å². The van der Waals surface area contributed by atoms with Crippen molar-refractivity contribution in [1.29, 1.82) is 0 Å². The number of amides is 2. The van der Waals surface area contributed by atoms with Crippen molar-refractivity contribution in [1.82, 2.24) is 14.7 Å². The molecule has 2 aromatic carbocycles. The van der Waals surface area contributed by atoms with Crippen LogP contribution in [0.15, 0.2) is 65.1 Å². The van der Waals surface area contributed by atoms with Crippen molar-refractivity contribution < 1.29 is 27.5 Å². The Kier molecular flexibility index (Phi) is 9.03. The number of halogens is 2. The highest BCUT2D eigenvalue weighted by atomic mass is 19.1. The summed E-state index contributed by atoms with van der Waals surface area (Å²) in [6.45, 7) is 5.60. The van der Waals surface area contributed by atoms with Gasteiger partial charge < -0.3 is 19.0 Å². The number of carbonyl (C=O) groups excluding carboxylic acids is 2. The van der Waals surface area contributed by atoms with Crippen molar-refractivity contribution in [2.45, 2.75) is 20.0 Å². The van der Waals surface area contributed by atoms with E-state index in [1.54, 1.807) is 29.2 Å². The lowest BCUT2D eigenvalue weighted by Gasteiger charge is -2.31. The zero-order valence-electron chi connectivity index (χ0n) is 20.9. The Morgan fingerprint density at radius 1 is 0.919 bits per heavy atom. The first-order valence-electron chi connectivity index (χ1n) is 12.3. The van der Waals surface area contributed by atoms with Crippen LogP contribution in [0.4, 0.5) is 8.78 Å². The fourth-order valence-electron chi connectivity index (χ4n) is 4.21. The van der Waals surface area contributed by atoms with Gasteiger partial charge in [0.05, 0.1) is 19.8 Å². The molecule has 2 amide bonds. The third kappa shape index (κ3) is 7.71. The van der Waals surface area contributed by atoms with Gasteiger partial charge in [-0.2, -0.15) is 0 Å². The number of ether oxygens (including phenoxy) is 1. The van der Waals surface area contributed by atoms with Gasteiger partial charge in [-0.15, -0.1) is 0 Å². The number of benzene rings is 2. The van der Waals surface area contributed by atoms with E-state index in [0.717, 1.165) is 24.4 Å². The van der Waals surface area contributed by atoms with Crippen molar-refractivity contribution in [2.24, 2.45) is 0 Å². The largest absolute Gasteiger partial charge is 0.464 e. The molecule has 0 radical (unpaired) electrons. The highest BCUT2D eigenvalue weighted by Gasteiger charge is 2.25. The monoisotopic (exact) mass is 511 g/mol. The first kappa shape index (κ1) is 26.5. The molecule has 1 aliphatic heterocycles. The van der Waals surface area contributed by atoms with Gasteiger partial charge in [-0.3, -0.25) is 14.5 Å². The Balaban J connectivity index is 1.53. The minimum atomic E-state index is -0.517. The molecule has 1 aromatic heterocycles. The normalized spacial score (nSPS) is 13.9. The second-order valence-electron chi connectivity index (χ2n) is 9.08. The molecular weight excluding hydrogens is 480 g/mol. The van der Waals surface area contributed by atoms with Gasteiger partial charge in [0.2, 0.25) is 5.91 Å². The molecule has 196 valence electrons. The summed E-state index contributed by atoms with van der Waals surface area (Å²) in [6.07, 6.45) is 0. The number of carbonyl (C=O) groups is 2. The zero-order chi connectivity index (χ0) is 26.2. The number of hydrogen-bond acceptors (Lipinski definition) is 5. The third-order valence-corrected chi connectivity index (χ3v) is 6.26. The van der Waals surface area contributed by atoms with Crippen LogP contribution in [-0.2, 0) is 22.6 Å². The minimum Gasteiger partial charge on any atom is -0.464 e. The van der Waals surface area contributed by atoms with E-state index in [0.29, 0.717) is 32.1 Å². The molecule has 4 rings (SSSR count). The second kappa shape index (κ2) is 12.6. The standard InChI is InChI=1S/C28H31F2N3O4/c1-21-5-10-26(37-21)19-33(18-22-6-8-24(29)9-7-22)27(34)20-32(12-11-31-13-15-36-16-14-31)28(35)23-3-2-4-25(30)17-23/h2-10,17H,11-16,18-20H2,1H3. The van der Waals surface area contributed by atoms with E-state index in [9.17, 15) is 18.4 Å². The van der Waals surface area contributed by atoms with Crippen LogP contribution < -0.4 is 0 Å². The van der Waals surface area contributed by atoms with E-state index in [1.807, 2.05) is 13.0 Å². The Bertz CT molecular complexity index is 1190. The van der Waals surface area contributed by atoms with Gasteiger partial charge >= 0.3 is 0 Å². The van der Waals surface area contributed by atoms with Crippen molar-refractivity contribution >= 4 is 11.8 Å². The van der Waals surface area contributed by atoms with Crippen LogP contribution in [0.5, 0.6) is 0 Å². The molecule has 7 nitrogen and oxygen atoms in total. The van der Waals surface area contributed by atoms with Gasteiger partial charge in [0, 0.05) is 38.3 Å². The molecule has 1 fully saturated rings. The van der Waals surface area contributed by atoms with E-state index in [-0.39, 0.29) is 36.9 Å². The van der Waals surface area contributed by atoms with Crippen LogP contribution in [0.3, 0.4) is 0 Å². The smallest absolute Gasteiger partial charge is 0.254 e. The average Bonchev–Trinajstić information content (AvgIpc) is 3.32. The summed E-state index contributed by atoms with van der Waals surface area (Å²) >= 11 is 0. The molecule has 0 bridgehead atoms. The number of furan rings is 1. The maximum absolute atomic E-state index is 13.9. The van der Waals surface area contributed by atoms with E-state index in [1.165, 1.54) is 35.2 Å².